The van der Waals surface area contributed by atoms with Gasteiger partial charge in [-0.3, -0.25) is 4.98 Å². The molecule has 0 aromatic carbocycles. The maximum absolute atomic E-state index is 5.57. The van der Waals surface area contributed by atoms with Gasteiger partial charge in [0.15, 0.2) is 0 Å². The van der Waals surface area contributed by atoms with Gasteiger partial charge in [0.25, 0.3) is 0 Å². The van der Waals surface area contributed by atoms with Crippen molar-refractivity contribution in [3.8, 4) is 0 Å². The first-order chi connectivity index (χ1) is 7.58. The van der Waals surface area contributed by atoms with E-state index in [1.165, 1.54) is 6.20 Å². The van der Waals surface area contributed by atoms with E-state index in [-0.39, 0.29) is 5.54 Å². The Morgan fingerprint density at radius 1 is 1.38 bits per heavy atom. The Kier molecular flexibility index (Phi) is 2.74. The highest BCUT2D eigenvalue weighted by Crippen LogP contribution is 2.26. The minimum Gasteiger partial charge on any atom is -0.382 e. The summed E-state index contributed by atoms with van der Waals surface area (Å²) >= 11 is 1.60. The number of thiazole rings is 1. The molecule has 0 saturated carbocycles. The molecule has 0 unspecified atom stereocenters. The van der Waals surface area contributed by atoms with Gasteiger partial charge < -0.3 is 11.1 Å². The summed E-state index contributed by atoms with van der Waals surface area (Å²) in [6, 6.07) is 0. The number of nitrogen functional groups attached to an aromatic ring is 1. The van der Waals surface area contributed by atoms with Crippen molar-refractivity contribution in [2.45, 2.75) is 19.4 Å². The van der Waals surface area contributed by atoms with E-state index in [2.05, 4.69) is 20.3 Å². The topological polar surface area (TPSA) is 76.7 Å². The molecule has 2 rings (SSSR count). The van der Waals surface area contributed by atoms with E-state index in [0.29, 0.717) is 11.6 Å². The third-order valence-electron chi connectivity index (χ3n) is 2.06. The summed E-state index contributed by atoms with van der Waals surface area (Å²) in [7, 11) is 0. The Morgan fingerprint density at radius 2 is 2.19 bits per heavy atom. The quantitative estimate of drug-likeness (QED) is 0.849. The van der Waals surface area contributed by atoms with Gasteiger partial charge in [-0.2, -0.15) is 0 Å². The molecule has 0 atom stereocenters. The van der Waals surface area contributed by atoms with E-state index >= 15 is 0 Å². The molecule has 0 bridgehead atoms. The summed E-state index contributed by atoms with van der Waals surface area (Å²) in [6.45, 7) is 4.08. The van der Waals surface area contributed by atoms with Crippen molar-refractivity contribution in [1.29, 1.82) is 0 Å². The maximum atomic E-state index is 5.57. The molecule has 0 radical (unpaired) electrons. The first kappa shape index (κ1) is 10.8. The number of aromatic nitrogens is 3. The SMILES string of the molecule is CC(C)(Nc1cncc(N)n1)c1nccs1. The second-order valence-electron chi connectivity index (χ2n) is 3.92. The summed E-state index contributed by atoms with van der Waals surface area (Å²) in [6.07, 6.45) is 4.95. The Labute approximate surface area is 97.8 Å². The summed E-state index contributed by atoms with van der Waals surface area (Å²) < 4.78 is 0. The van der Waals surface area contributed by atoms with Crippen LogP contribution in [-0.4, -0.2) is 15.0 Å². The van der Waals surface area contributed by atoms with E-state index in [0.717, 1.165) is 5.01 Å². The minimum absolute atomic E-state index is 0.281. The molecule has 2 aromatic heterocycles. The minimum atomic E-state index is -0.281. The van der Waals surface area contributed by atoms with Crippen LogP contribution in [0.2, 0.25) is 0 Å². The number of hydrogen-bond donors (Lipinski definition) is 2. The summed E-state index contributed by atoms with van der Waals surface area (Å²) in [4.78, 5) is 12.4. The molecule has 2 heterocycles. The monoisotopic (exact) mass is 235 g/mol. The van der Waals surface area contributed by atoms with E-state index in [1.54, 1.807) is 23.7 Å². The highest BCUT2D eigenvalue weighted by Gasteiger charge is 2.23. The molecule has 0 spiro atoms. The van der Waals surface area contributed by atoms with Crippen molar-refractivity contribution in [1.82, 2.24) is 15.0 Å². The van der Waals surface area contributed by atoms with Crippen molar-refractivity contribution in [2.24, 2.45) is 0 Å². The van der Waals surface area contributed by atoms with Gasteiger partial charge in [0.2, 0.25) is 0 Å². The van der Waals surface area contributed by atoms with Crippen molar-refractivity contribution < 1.29 is 0 Å². The van der Waals surface area contributed by atoms with Crippen LogP contribution in [0.4, 0.5) is 11.6 Å². The second-order valence-corrected chi connectivity index (χ2v) is 4.81. The van der Waals surface area contributed by atoms with Gasteiger partial charge in [-0.25, -0.2) is 9.97 Å². The van der Waals surface area contributed by atoms with E-state index in [1.807, 2.05) is 19.2 Å². The molecule has 84 valence electrons. The number of nitrogens with two attached hydrogens (primary N) is 1. The number of nitrogens with zero attached hydrogens (tertiary/aromatic N) is 3. The van der Waals surface area contributed by atoms with Gasteiger partial charge in [0, 0.05) is 11.6 Å². The molecule has 0 amide bonds. The van der Waals surface area contributed by atoms with Gasteiger partial charge >= 0.3 is 0 Å². The third-order valence-corrected chi connectivity index (χ3v) is 3.16. The van der Waals surface area contributed by atoms with Gasteiger partial charge in [-0.1, -0.05) is 0 Å². The molecule has 5 nitrogen and oxygen atoms in total. The average Bonchev–Trinajstić information content (AvgIpc) is 2.69. The first-order valence-corrected chi connectivity index (χ1v) is 5.71. The lowest BCUT2D eigenvalue weighted by atomic mass is 10.1. The number of rotatable bonds is 3. The van der Waals surface area contributed by atoms with Crippen molar-refractivity contribution in [3.05, 3.63) is 29.0 Å². The molecular weight excluding hydrogens is 222 g/mol. The summed E-state index contributed by atoms with van der Waals surface area (Å²) in [5.74, 6) is 1.06. The Bertz CT molecular complexity index is 466. The second kappa shape index (κ2) is 4.05. The van der Waals surface area contributed by atoms with E-state index in [4.69, 9.17) is 5.73 Å². The maximum Gasteiger partial charge on any atom is 0.147 e. The zero-order valence-corrected chi connectivity index (χ0v) is 9.95. The van der Waals surface area contributed by atoms with Crippen molar-refractivity contribution in [2.75, 3.05) is 11.1 Å². The third kappa shape index (κ3) is 2.27. The van der Waals surface area contributed by atoms with E-state index in [9.17, 15) is 0 Å². The number of nitrogens with one attached hydrogen (secondary N) is 1. The Hall–Kier alpha value is -1.69. The fourth-order valence-electron chi connectivity index (χ4n) is 1.35. The van der Waals surface area contributed by atoms with Gasteiger partial charge in [0.05, 0.1) is 17.9 Å². The van der Waals surface area contributed by atoms with Crippen LogP contribution in [0, 0.1) is 0 Å². The van der Waals surface area contributed by atoms with Gasteiger partial charge in [-0.15, -0.1) is 11.3 Å². The van der Waals surface area contributed by atoms with Crippen LogP contribution in [0.3, 0.4) is 0 Å². The Morgan fingerprint density at radius 3 is 2.81 bits per heavy atom. The Balaban J connectivity index is 2.21. The predicted molar refractivity (Wildman–Crippen MR) is 65.2 cm³/mol. The molecular formula is C10H13N5S. The van der Waals surface area contributed by atoms with Gasteiger partial charge in [0.1, 0.15) is 16.6 Å². The molecule has 2 aromatic rings. The predicted octanol–water partition coefficient (Wildman–Crippen LogP) is 1.86. The molecule has 0 aliphatic rings. The fourth-order valence-corrected chi connectivity index (χ4v) is 2.07. The lowest BCUT2D eigenvalue weighted by Crippen LogP contribution is -2.28. The van der Waals surface area contributed by atoms with E-state index < -0.39 is 0 Å². The number of anilines is 2. The van der Waals surface area contributed by atoms with Gasteiger partial charge in [-0.05, 0) is 13.8 Å². The van der Waals surface area contributed by atoms with Crippen LogP contribution in [-0.2, 0) is 5.54 Å². The van der Waals surface area contributed by atoms with Crippen LogP contribution < -0.4 is 11.1 Å². The molecule has 6 heteroatoms. The average molecular weight is 235 g/mol. The lowest BCUT2D eigenvalue weighted by molar-refractivity contribution is 0.600. The normalized spacial score (nSPS) is 11.4. The highest BCUT2D eigenvalue weighted by molar-refractivity contribution is 7.09. The zero-order chi connectivity index (χ0) is 11.6. The van der Waals surface area contributed by atoms with Crippen LogP contribution in [0.1, 0.15) is 18.9 Å². The first-order valence-electron chi connectivity index (χ1n) is 4.83. The molecule has 0 fully saturated rings. The standard InChI is InChI=1S/C10H13N5S/c1-10(2,9-13-3-4-16-9)15-8-6-12-5-7(11)14-8/h3-6H,1-2H3,(H3,11,14,15). The highest BCUT2D eigenvalue weighted by atomic mass is 32.1. The smallest absolute Gasteiger partial charge is 0.147 e. The van der Waals surface area contributed by atoms with Crippen molar-refractivity contribution in [3.63, 3.8) is 0 Å². The van der Waals surface area contributed by atoms with Crippen LogP contribution in [0.5, 0.6) is 0 Å². The molecule has 16 heavy (non-hydrogen) atoms. The summed E-state index contributed by atoms with van der Waals surface area (Å²) in [5.41, 5.74) is 5.29. The largest absolute Gasteiger partial charge is 0.382 e. The molecule has 0 aliphatic heterocycles. The summed E-state index contributed by atoms with van der Waals surface area (Å²) in [5, 5.41) is 6.20. The van der Waals surface area contributed by atoms with Crippen LogP contribution in [0.15, 0.2) is 24.0 Å². The molecule has 3 N–H and O–H groups in total. The fraction of sp³-hybridized carbons (Fsp3) is 0.300. The zero-order valence-electron chi connectivity index (χ0n) is 9.14. The molecule has 0 aliphatic carbocycles. The van der Waals surface area contributed by atoms with Crippen molar-refractivity contribution >= 4 is 23.0 Å². The van der Waals surface area contributed by atoms with Crippen LogP contribution >= 0.6 is 11.3 Å². The number of hydrogen-bond acceptors (Lipinski definition) is 6. The lowest BCUT2D eigenvalue weighted by Gasteiger charge is -2.24. The van der Waals surface area contributed by atoms with Crippen LogP contribution in [0.25, 0.3) is 0 Å². The molecule has 0 saturated heterocycles.